The standard InChI is InChI=1S/C13H14FN3O3/c14-9-2-1-3-11(6-9)20-8-10-7-12(17-16-10)13(19)15-4-5-18/h1-3,6-7,18H,4-5,8H2,(H,15,19)(H,16,17). The van der Waals surface area contributed by atoms with Crippen molar-refractivity contribution in [1.82, 2.24) is 15.5 Å². The minimum absolute atomic E-state index is 0.133. The van der Waals surface area contributed by atoms with Crippen molar-refractivity contribution >= 4 is 5.91 Å². The zero-order valence-electron chi connectivity index (χ0n) is 10.6. The normalized spacial score (nSPS) is 10.3. The van der Waals surface area contributed by atoms with E-state index >= 15 is 0 Å². The third-order valence-electron chi connectivity index (χ3n) is 2.45. The molecule has 106 valence electrons. The quantitative estimate of drug-likeness (QED) is 0.731. The number of aromatic amines is 1. The topological polar surface area (TPSA) is 87.2 Å². The second-order valence-corrected chi connectivity index (χ2v) is 4.00. The van der Waals surface area contributed by atoms with Gasteiger partial charge in [0.2, 0.25) is 0 Å². The van der Waals surface area contributed by atoms with Gasteiger partial charge in [-0.25, -0.2) is 4.39 Å². The molecule has 0 saturated heterocycles. The average Bonchev–Trinajstić information content (AvgIpc) is 2.91. The van der Waals surface area contributed by atoms with Gasteiger partial charge in [0, 0.05) is 12.6 Å². The van der Waals surface area contributed by atoms with Crippen LogP contribution in [0.25, 0.3) is 0 Å². The molecule has 3 N–H and O–H groups in total. The van der Waals surface area contributed by atoms with E-state index in [2.05, 4.69) is 15.5 Å². The third-order valence-corrected chi connectivity index (χ3v) is 2.45. The smallest absolute Gasteiger partial charge is 0.271 e. The zero-order chi connectivity index (χ0) is 14.4. The van der Waals surface area contributed by atoms with E-state index in [-0.39, 0.29) is 37.2 Å². The van der Waals surface area contributed by atoms with E-state index in [1.54, 1.807) is 12.1 Å². The van der Waals surface area contributed by atoms with Gasteiger partial charge in [-0.3, -0.25) is 9.89 Å². The Labute approximate surface area is 114 Å². The predicted octanol–water partition coefficient (Wildman–Crippen LogP) is 0.850. The number of halogens is 1. The van der Waals surface area contributed by atoms with Crippen molar-refractivity contribution in [3.8, 4) is 5.75 Å². The summed E-state index contributed by atoms with van der Waals surface area (Å²) >= 11 is 0. The van der Waals surface area contributed by atoms with E-state index in [9.17, 15) is 9.18 Å². The van der Waals surface area contributed by atoms with E-state index in [1.807, 2.05) is 0 Å². The van der Waals surface area contributed by atoms with Gasteiger partial charge in [-0.1, -0.05) is 6.07 Å². The first-order chi connectivity index (χ1) is 9.69. The fraction of sp³-hybridized carbons (Fsp3) is 0.231. The Morgan fingerprint density at radius 3 is 3.05 bits per heavy atom. The van der Waals surface area contributed by atoms with Crippen LogP contribution in [0.4, 0.5) is 4.39 Å². The van der Waals surface area contributed by atoms with Gasteiger partial charge in [0.1, 0.15) is 23.9 Å². The molecule has 1 aromatic heterocycles. The maximum Gasteiger partial charge on any atom is 0.271 e. The molecule has 0 spiro atoms. The summed E-state index contributed by atoms with van der Waals surface area (Å²) in [5.41, 5.74) is 0.791. The summed E-state index contributed by atoms with van der Waals surface area (Å²) in [7, 11) is 0. The predicted molar refractivity (Wildman–Crippen MR) is 68.7 cm³/mol. The number of benzene rings is 1. The lowest BCUT2D eigenvalue weighted by Crippen LogP contribution is -2.26. The summed E-state index contributed by atoms with van der Waals surface area (Å²) in [4.78, 5) is 11.5. The molecule has 20 heavy (non-hydrogen) atoms. The molecule has 1 aromatic carbocycles. The fourth-order valence-electron chi connectivity index (χ4n) is 1.53. The van der Waals surface area contributed by atoms with E-state index in [0.29, 0.717) is 11.4 Å². The van der Waals surface area contributed by atoms with Crippen LogP contribution in [0.2, 0.25) is 0 Å². The Hall–Kier alpha value is -2.41. The summed E-state index contributed by atoms with van der Waals surface area (Å²) in [6.07, 6.45) is 0. The van der Waals surface area contributed by atoms with Gasteiger partial charge in [0.05, 0.1) is 12.3 Å². The molecule has 1 heterocycles. The highest BCUT2D eigenvalue weighted by Gasteiger charge is 2.10. The van der Waals surface area contributed by atoms with Crippen molar-refractivity contribution in [2.75, 3.05) is 13.2 Å². The lowest BCUT2D eigenvalue weighted by atomic mass is 10.3. The third kappa shape index (κ3) is 3.79. The molecule has 0 aliphatic carbocycles. The highest BCUT2D eigenvalue weighted by Crippen LogP contribution is 2.13. The molecule has 7 heteroatoms. The van der Waals surface area contributed by atoms with Gasteiger partial charge in [-0.2, -0.15) is 5.10 Å². The summed E-state index contributed by atoms with van der Waals surface area (Å²) in [6.45, 7) is 0.177. The fourth-order valence-corrected chi connectivity index (χ4v) is 1.53. The molecule has 1 amide bonds. The van der Waals surface area contributed by atoms with Crippen LogP contribution < -0.4 is 10.1 Å². The number of H-pyrrole nitrogens is 1. The van der Waals surface area contributed by atoms with Crippen molar-refractivity contribution in [2.24, 2.45) is 0 Å². The lowest BCUT2D eigenvalue weighted by Gasteiger charge is -2.03. The summed E-state index contributed by atoms with van der Waals surface area (Å²) in [5.74, 6) is -0.366. The lowest BCUT2D eigenvalue weighted by molar-refractivity contribution is 0.0939. The number of aromatic nitrogens is 2. The number of nitrogens with zero attached hydrogens (tertiary/aromatic N) is 1. The molecule has 2 aromatic rings. The molecule has 0 unspecified atom stereocenters. The number of hydrogen-bond acceptors (Lipinski definition) is 4. The van der Waals surface area contributed by atoms with Crippen molar-refractivity contribution < 1.29 is 19.0 Å². The molecule has 0 bridgehead atoms. The largest absolute Gasteiger partial charge is 0.487 e. The molecule has 0 saturated carbocycles. The summed E-state index contributed by atoms with van der Waals surface area (Å²) in [5, 5.41) is 17.6. The number of hydrogen-bond donors (Lipinski definition) is 3. The van der Waals surface area contributed by atoms with Crippen LogP contribution in [0.3, 0.4) is 0 Å². The molecule has 0 fully saturated rings. The van der Waals surface area contributed by atoms with Gasteiger partial charge in [0.25, 0.3) is 5.91 Å². The number of aliphatic hydroxyl groups is 1. The minimum Gasteiger partial charge on any atom is -0.487 e. The summed E-state index contributed by atoms with van der Waals surface area (Å²) in [6, 6.07) is 7.31. The molecule has 2 rings (SSSR count). The Morgan fingerprint density at radius 2 is 2.30 bits per heavy atom. The van der Waals surface area contributed by atoms with Crippen LogP contribution in [-0.4, -0.2) is 34.4 Å². The van der Waals surface area contributed by atoms with Gasteiger partial charge in [-0.05, 0) is 18.2 Å². The second-order valence-electron chi connectivity index (χ2n) is 4.00. The number of carbonyl (C=O) groups excluding carboxylic acids is 1. The molecular formula is C13H14FN3O3. The monoisotopic (exact) mass is 279 g/mol. The van der Waals surface area contributed by atoms with Crippen molar-refractivity contribution in [3.05, 3.63) is 47.5 Å². The average molecular weight is 279 g/mol. The summed E-state index contributed by atoms with van der Waals surface area (Å²) < 4.78 is 18.3. The molecule has 0 radical (unpaired) electrons. The van der Waals surface area contributed by atoms with E-state index < -0.39 is 0 Å². The van der Waals surface area contributed by atoms with Crippen LogP contribution in [0.15, 0.2) is 30.3 Å². The molecule has 0 atom stereocenters. The number of carbonyl (C=O) groups is 1. The van der Waals surface area contributed by atoms with Crippen molar-refractivity contribution in [3.63, 3.8) is 0 Å². The maximum atomic E-state index is 12.9. The highest BCUT2D eigenvalue weighted by atomic mass is 19.1. The Kier molecular flexibility index (Phi) is 4.67. The van der Waals surface area contributed by atoms with Gasteiger partial charge in [0.15, 0.2) is 0 Å². The second kappa shape index (κ2) is 6.67. The Bertz CT molecular complexity index is 586. The number of aliphatic hydroxyl groups excluding tert-OH is 1. The number of amides is 1. The first-order valence-electron chi connectivity index (χ1n) is 6.01. The molecule has 0 aliphatic rings. The van der Waals surface area contributed by atoms with Crippen LogP contribution in [0.1, 0.15) is 16.2 Å². The minimum atomic E-state index is -0.382. The van der Waals surface area contributed by atoms with Crippen molar-refractivity contribution in [1.29, 1.82) is 0 Å². The first kappa shape index (κ1) is 14.0. The number of ether oxygens (including phenoxy) is 1. The van der Waals surface area contributed by atoms with Gasteiger partial charge < -0.3 is 15.2 Å². The van der Waals surface area contributed by atoms with Crippen LogP contribution >= 0.6 is 0 Å². The number of rotatable bonds is 6. The molecule has 0 aliphatic heterocycles. The van der Waals surface area contributed by atoms with E-state index in [4.69, 9.17) is 9.84 Å². The van der Waals surface area contributed by atoms with Gasteiger partial charge in [-0.15, -0.1) is 0 Å². The number of nitrogens with one attached hydrogen (secondary N) is 2. The van der Waals surface area contributed by atoms with E-state index in [0.717, 1.165) is 0 Å². The Morgan fingerprint density at radius 1 is 1.45 bits per heavy atom. The SMILES string of the molecule is O=C(NCCO)c1cc(COc2cccc(F)c2)[nH]n1. The zero-order valence-corrected chi connectivity index (χ0v) is 10.6. The first-order valence-corrected chi connectivity index (χ1v) is 6.01. The molecular weight excluding hydrogens is 265 g/mol. The maximum absolute atomic E-state index is 12.9. The van der Waals surface area contributed by atoms with E-state index in [1.165, 1.54) is 18.2 Å². The van der Waals surface area contributed by atoms with Crippen molar-refractivity contribution in [2.45, 2.75) is 6.61 Å². The Balaban J connectivity index is 1.91. The van der Waals surface area contributed by atoms with Crippen LogP contribution in [0.5, 0.6) is 5.75 Å². The van der Waals surface area contributed by atoms with Crippen LogP contribution in [0, 0.1) is 5.82 Å². The highest BCUT2D eigenvalue weighted by molar-refractivity contribution is 5.92. The van der Waals surface area contributed by atoms with Gasteiger partial charge >= 0.3 is 0 Å². The molecule has 6 nitrogen and oxygen atoms in total. The van der Waals surface area contributed by atoms with Crippen LogP contribution in [-0.2, 0) is 6.61 Å².